The van der Waals surface area contributed by atoms with E-state index in [-0.39, 0.29) is 23.8 Å². The van der Waals surface area contributed by atoms with Crippen molar-refractivity contribution in [3.05, 3.63) is 47.3 Å². The maximum atomic E-state index is 12.9. The number of benzene rings is 1. The Labute approximate surface area is 153 Å². The topological polar surface area (TPSA) is 67.2 Å². The minimum Gasteiger partial charge on any atom is -0.353 e. The van der Waals surface area contributed by atoms with Crippen molar-refractivity contribution in [3.8, 4) is 5.69 Å². The van der Waals surface area contributed by atoms with Crippen LogP contribution in [0.4, 0.5) is 0 Å². The number of hydrogen-bond acceptors (Lipinski definition) is 3. The summed E-state index contributed by atoms with van der Waals surface area (Å²) in [5.41, 5.74) is 3.91. The summed E-state index contributed by atoms with van der Waals surface area (Å²) in [6.45, 7) is 5.36. The number of amides is 2. The van der Waals surface area contributed by atoms with Gasteiger partial charge in [0.2, 0.25) is 11.8 Å². The van der Waals surface area contributed by atoms with Crippen molar-refractivity contribution in [2.45, 2.75) is 39.2 Å². The quantitative estimate of drug-likeness (QED) is 0.915. The lowest BCUT2D eigenvalue weighted by molar-refractivity contribution is -0.132. The Bertz CT molecular complexity index is 843. The lowest BCUT2D eigenvalue weighted by Crippen LogP contribution is -2.47. The van der Waals surface area contributed by atoms with Gasteiger partial charge in [-0.2, -0.15) is 5.10 Å². The molecule has 1 N–H and O–H groups in total. The molecule has 0 spiro atoms. The second-order valence-electron chi connectivity index (χ2n) is 7.34. The van der Waals surface area contributed by atoms with Crippen LogP contribution in [-0.4, -0.2) is 45.6 Å². The number of carbonyl (C=O) groups is 2. The molecule has 136 valence electrons. The number of nitrogens with one attached hydrogen (secondary N) is 1. The monoisotopic (exact) mass is 352 g/mol. The van der Waals surface area contributed by atoms with Crippen molar-refractivity contribution in [1.82, 2.24) is 20.0 Å². The molecule has 2 saturated heterocycles. The second kappa shape index (κ2) is 6.59. The third-order valence-corrected chi connectivity index (χ3v) is 5.65. The Balaban J connectivity index is 1.50. The third kappa shape index (κ3) is 3.00. The summed E-state index contributed by atoms with van der Waals surface area (Å²) in [7, 11) is 0. The normalized spacial score (nSPS) is 22.2. The number of rotatable bonds is 3. The first-order valence-corrected chi connectivity index (χ1v) is 9.20. The van der Waals surface area contributed by atoms with Crippen LogP contribution < -0.4 is 5.32 Å². The van der Waals surface area contributed by atoms with E-state index in [9.17, 15) is 9.59 Å². The first kappa shape index (κ1) is 16.8. The van der Waals surface area contributed by atoms with E-state index >= 15 is 0 Å². The van der Waals surface area contributed by atoms with Crippen molar-refractivity contribution < 1.29 is 9.59 Å². The molecule has 3 heterocycles. The molecule has 0 unspecified atom stereocenters. The number of hydrogen-bond donors (Lipinski definition) is 1. The minimum atomic E-state index is 0.116. The van der Waals surface area contributed by atoms with Gasteiger partial charge in [0, 0.05) is 42.7 Å². The molecule has 4 rings (SSSR count). The van der Waals surface area contributed by atoms with E-state index in [1.165, 1.54) is 0 Å². The molecule has 2 amide bonds. The molecule has 2 aliphatic rings. The number of likely N-dealkylation sites (tertiary alicyclic amines) is 1. The van der Waals surface area contributed by atoms with Gasteiger partial charge in [-0.25, -0.2) is 4.68 Å². The Hall–Kier alpha value is -2.63. The molecule has 0 radical (unpaired) electrons. The van der Waals surface area contributed by atoms with Gasteiger partial charge >= 0.3 is 0 Å². The second-order valence-corrected chi connectivity index (χ2v) is 7.34. The van der Waals surface area contributed by atoms with Crippen molar-refractivity contribution in [2.24, 2.45) is 5.92 Å². The Morgan fingerprint density at radius 3 is 2.81 bits per heavy atom. The van der Waals surface area contributed by atoms with Gasteiger partial charge in [0.15, 0.2) is 0 Å². The van der Waals surface area contributed by atoms with Crippen LogP contribution in [0.3, 0.4) is 0 Å². The fourth-order valence-corrected chi connectivity index (χ4v) is 4.17. The number of nitrogens with zero attached hydrogens (tertiary/aromatic N) is 3. The SMILES string of the molecule is Cc1nn(-c2ccccc2)c(C)c1CC(=O)N1CC[C@@H]2NC(=O)C[C@@H]2C1. The van der Waals surface area contributed by atoms with E-state index in [2.05, 4.69) is 10.4 Å². The van der Waals surface area contributed by atoms with E-state index < -0.39 is 0 Å². The Kier molecular flexibility index (Phi) is 4.26. The zero-order valence-electron chi connectivity index (χ0n) is 15.2. The van der Waals surface area contributed by atoms with Crippen LogP contribution in [0.15, 0.2) is 30.3 Å². The van der Waals surface area contributed by atoms with Gasteiger partial charge in [-0.3, -0.25) is 9.59 Å². The average Bonchev–Trinajstić information content (AvgIpc) is 3.15. The molecule has 0 bridgehead atoms. The predicted octanol–water partition coefficient (Wildman–Crippen LogP) is 1.77. The summed E-state index contributed by atoms with van der Waals surface area (Å²) in [6, 6.07) is 10.2. The Morgan fingerprint density at radius 1 is 1.27 bits per heavy atom. The molecular formula is C20H24N4O2. The molecule has 0 aliphatic carbocycles. The summed E-state index contributed by atoms with van der Waals surface area (Å²) in [5, 5.41) is 7.65. The fraction of sp³-hybridized carbons (Fsp3) is 0.450. The average molecular weight is 352 g/mol. The highest BCUT2D eigenvalue weighted by atomic mass is 16.2. The maximum Gasteiger partial charge on any atom is 0.227 e. The van der Waals surface area contributed by atoms with Crippen LogP contribution in [0.5, 0.6) is 0 Å². The predicted molar refractivity (Wildman–Crippen MR) is 98.0 cm³/mol. The number of para-hydroxylation sites is 1. The van der Waals surface area contributed by atoms with Gasteiger partial charge in [-0.05, 0) is 32.4 Å². The van der Waals surface area contributed by atoms with Gasteiger partial charge in [-0.1, -0.05) is 18.2 Å². The lowest BCUT2D eigenvalue weighted by atomic mass is 9.93. The van der Waals surface area contributed by atoms with Crippen LogP contribution in [0.25, 0.3) is 5.69 Å². The zero-order valence-corrected chi connectivity index (χ0v) is 15.2. The third-order valence-electron chi connectivity index (χ3n) is 5.65. The lowest BCUT2D eigenvalue weighted by Gasteiger charge is -2.34. The standard InChI is InChI=1S/C20H24N4O2/c1-13-17(14(2)24(22-13)16-6-4-3-5-7-16)11-20(26)23-9-8-18-15(12-23)10-19(25)21-18/h3-7,15,18H,8-12H2,1-2H3,(H,21,25)/t15-,18+/m1/s1. The van der Waals surface area contributed by atoms with Crippen molar-refractivity contribution in [3.63, 3.8) is 0 Å². The van der Waals surface area contributed by atoms with E-state index in [0.717, 1.165) is 29.1 Å². The maximum absolute atomic E-state index is 12.9. The first-order valence-electron chi connectivity index (χ1n) is 9.20. The van der Waals surface area contributed by atoms with E-state index in [0.29, 0.717) is 25.9 Å². The number of aromatic nitrogens is 2. The number of fused-ring (bicyclic) bond motifs is 1. The Morgan fingerprint density at radius 2 is 2.04 bits per heavy atom. The van der Waals surface area contributed by atoms with Gasteiger partial charge in [0.1, 0.15) is 0 Å². The first-order chi connectivity index (χ1) is 12.5. The molecule has 6 heteroatoms. The van der Waals surface area contributed by atoms with E-state index in [1.54, 1.807) is 0 Å². The molecular weight excluding hydrogens is 328 g/mol. The molecule has 6 nitrogen and oxygen atoms in total. The number of aryl methyl sites for hydroxylation is 1. The highest BCUT2D eigenvalue weighted by Gasteiger charge is 2.38. The minimum absolute atomic E-state index is 0.116. The van der Waals surface area contributed by atoms with Gasteiger partial charge in [0.05, 0.1) is 17.8 Å². The van der Waals surface area contributed by atoms with Crippen LogP contribution in [0.1, 0.15) is 29.8 Å². The molecule has 1 aromatic carbocycles. The molecule has 2 aromatic rings. The molecule has 2 atom stereocenters. The summed E-state index contributed by atoms with van der Waals surface area (Å²) >= 11 is 0. The van der Waals surface area contributed by atoms with E-state index in [1.807, 2.05) is 53.8 Å². The van der Waals surface area contributed by atoms with Crippen molar-refractivity contribution in [2.75, 3.05) is 13.1 Å². The zero-order chi connectivity index (χ0) is 18.3. The largest absolute Gasteiger partial charge is 0.353 e. The van der Waals surface area contributed by atoms with Crippen molar-refractivity contribution in [1.29, 1.82) is 0 Å². The van der Waals surface area contributed by atoms with Crippen LogP contribution in [0.2, 0.25) is 0 Å². The summed E-state index contributed by atoms with van der Waals surface area (Å²) < 4.78 is 1.91. The van der Waals surface area contributed by atoms with Crippen LogP contribution in [0, 0.1) is 19.8 Å². The fourth-order valence-electron chi connectivity index (χ4n) is 4.17. The summed E-state index contributed by atoms with van der Waals surface area (Å²) in [6.07, 6.45) is 1.76. The smallest absolute Gasteiger partial charge is 0.227 e. The highest BCUT2D eigenvalue weighted by molar-refractivity contribution is 5.81. The highest BCUT2D eigenvalue weighted by Crippen LogP contribution is 2.26. The molecule has 1 aromatic heterocycles. The number of carbonyl (C=O) groups excluding carboxylic acids is 2. The van der Waals surface area contributed by atoms with Gasteiger partial charge in [0.25, 0.3) is 0 Å². The number of piperidine rings is 1. The van der Waals surface area contributed by atoms with Crippen molar-refractivity contribution >= 4 is 11.8 Å². The van der Waals surface area contributed by atoms with Gasteiger partial charge in [-0.15, -0.1) is 0 Å². The van der Waals surface area contributed by atoms with Gasteiger partial charge < -0.3 is 10.2 Å². The molecule has 26 heavy (non-hydrogen) atoms. The van der Waals surface area contributed by atoms with Crippen LogP contribution in [-0.2, 0) is 16.0 Å². The molecule has 2 aliphatic heterocycles. The molecule has 0 saturated carbocycles. The van der Waals surface area contributed by atoms with Crippen LogP contribution >= 0.6 is 0 Å². The summed E-state index contributed by atoms with van der Waals surface area (Å²) in [4.78, 5) is 26.4. The molecule has 2 fully saturated rings. The summed E-state index contributed by atoms with van der Waals surface area (Å²) in [5.74, 6) is 0.501. The van der Waals surface area contributed by atoms with E-state index in [4.69, 9.17) is 0 Å².